The molecule has 0 radical (unpaired) electrons. The van der Waals surface area contributed by atoms with Crippen LogP contribution in [0.1, 0.15) is 11.4 Å². The van der Waals surface area contributed by atoms with Crippen molar-refractivity contribution in [1.29, 1.82) is 5.41 Å². The number of halogens is 1. The highest BCUT2D eigenvalue weighted by Crippen LogP contribution is 2.31. The Hall–Kier alpha value is -2.15. The Bertz CT molecular complexity index is 661. The predicted octanol–water partition coefficient (Wildman–Crippen LogP) is 2.63. The van der Waals surface area contributed by atoms with Gasteiger partial charge in [0.25, 0.3) is 0 Å². The zero-order valence-corrected chi connectivity index (χ0v) is 12.6. The van der Waals surface area contributed by atoms with Crippen LogP contribution in [0.25, 0.3) is 0 Å². The summed E-state index contributed by atoms with van der Waals surface area (Å²) < 4.78 is 11.4. The van der Waals surface area contributed by atoms with Gasteiger partial charge in [-0.15, -0.1) is 0 Å². The van der Waals surface area contributed by atoms with Gasteiger partial charge in [-0.1, -0.05) is 0 Å². The molecule has 0 bridgehead atoms. The molecule has 0 aliphatic rings. The van der Waals surface area contributed by atoms with Crippen molar-refractivity contribution < 1.29 is 9.47 Å². The van der Waals surface area contributed by atoms with Crippen molar-refractivity contribution in [2.24, 2.45) is 5.73 Å². The number of methoxy groups -OCH3 is 1. The van der Waals surface area contributed by atoms with Crippen LogP contribution >= 0.6 is 15.9 Å². The molecule has 0 spiro atoms. The molecule has 7 heteroatoms. The molecular formula is C13H13BrN4O2. The fraction of sp³-hybridized carbons (Fsp3) is 0.154. The van der Waals surface area contributed by atoms with E-state index in [9.17, 15) is 0 Å². The number of aromatic nitrogens is 2. The second-order valence-electron chi connectivity index (χ2n) is 3.99. The Morgan fingerprint density at radius 3 is 2.65 bits per heavy atom. The molecule has 0 fully saturated rings. The van der Waals surface area contributed by atoms with E-state index in [0.717, 1.165) is 0 Å². The highest BCUT2D eigenvalue weighted by Gasteiger charge is 2.09. The summed E-state index contributed by atoms with van der Waals surface area (Å²) in [5.74, 6) is 1.12. The van der Waals surface area contributed by atoms with Gasteiger partial charge in [0.1, 0.15) is 23.0 Å². The minimum absolute atomic E-state index is 0.130. The van der Waals surface area contributed by atoms with Crippen molar-refractivity contribution >= 4 is 21.8 Å². The molecule has 0 saturated heterocycles. The van der Waals surface area contributed by atoms with Crippen molar-refractivity contribution in [2.75, 3.05) is 7.11 Å². The topological polar surface area (TPSA) is 94.1 Å². The Balaban J connectivity index is 2.32. The van der Waals surface area contributed by atoms with Gasteiger partial charge in [-0.3, -0.25) is 5.41 Å². The lowest BCUT2D eigenvalue weighted by atomic mass is 10.3. The molecule has 6 nitrogen and oxygen atoms in total. The largest absolute Gasteiger partial charge is 0.497 e. The summed E-state index contributed by atoms with van der Waals surface area (Å²) in [7, 11) is 1.59. The minimum Gasteiger partial charge on any atom is -0.497 e. The first kappa shape index (κ1) is 14.3. The molecule has 0 saturated carbocycles. The van der Waals surface area contributed by atoms with Crippen LogP contribution in [0.2, 0.25) is 0 Å². The number of nitrogens with zero attached hydrogens (tertiary/aromatic N) is 2. The fourth-order valence-corrected chi connectivity index (χ4v) is 1.95. The maximum absolute atomic E-state index is 7.41. The molecule has 20 heavy (non-hydrogen) atoms. The standard InChI is InChI=1S/C13H13BrN4O2/c1-7-5-10(12(15)16)18-13(17-7)20-11-4-3-8(19-2)6-9(11)14/h3-6H,1-2H3,(H3,15,16). The molecular weight excluding hydrogens is 324 g/mol. The number of aryl methyl sites for hydroxylation is 1. The number of hydrogen-bond acceptors (Lipinski definition) is 5. The minimum atomic E-state index is -0.130. The third-order valence-electron chi connectivity index (χ3n) is 2.45. The van der Waals surface area contributed by atoms with Crippen molar-refractivity contribution in [3.63, 3.8) is 0 Å². The lowest BCUT2D eigenvalue weighted by Gasteiger charge is -2.09. The molecule has 3 N–H and O–H groups in total. The molecule has 0 amide bonds. The monoisotopic (exact) mass is 336 g/mol. The second-order valence-corrected chi connectivity index (χ2v) is 4.84. The first-order valence-electron chi connectivity index (χ1n) is 5.71. The van der Waals surface area contributed by atoms with Gasteiger partial charge in [0.15, 0.2) is 0 Å². The van der Waals surface area contributed by atoms with Crippen molar-refractivity contribution in [3.8, 4) is 17.5 Å². The summed E-state index contributed by atoms with van der Waals surface area (Å²) in [5, 5.41) is 7.41. The van der Waals surface area contributed by atoms with Crippen LogP contribution in [-0.2, 0) is 0 Å². The van der Waals surface area contributed by atoms with E-state index < -0.39 is 0 Å². The van der Waals surface area contributed by atoms with E-state index in [2.05, 4.69) is 25.9 Å². The van der Waals surface area contributed by atoms with Gasteiger partial charge in [-0.2, -0.15) is 4.98 Å². The summed E-state index contributed by atoms with van der Waals surface area (Å²) in [6.45, 7) is 1.78. The van der Waals surface area contributed by atoms with Crippen LogP contribution in [0.15, 0.2) is 28.7 Å². The zero-order chi connectivity index (χ0) is 14.7. The summed E-state index contributed by atoms with van der Waals surface area (Å²) in [5.41, 5.74) is 6.43. The number of benzene rings is 1. The normalized spacial score (nSPS) is 10.2. The summed E-state index contributed by atoms with van der Waals surface area (Å²) in [6, 6.07) is 7.04. The Morgan fingerprint density at radius 1 is 1.30 bits per heavy atom. The highest BCUT2D eigenvalue weighted by molar-refractivity contribution is 9.10. The number of amidine groups is 1. The number of rotatable bonds is 4. The molecule has 1 aromatic heterocycles. The SMILES string of the molecule is COc1ccc(Oc2nc(C)cc(C(=N)N)n2)c(Br)c1. The summed E-state index contributed by atoms with van der Waals surface area (Å²) in [6.07, 6.45) is 0. The Kier molecular flexibility index (Phi) is 4.19. The van der Waals surface area contributed by atoms with E-state index in [1.807, 2.05) is 0 Å². The third kappa shape index (κ3) is 3.24. The van der Waals surface area contributed by atoms with E-state index >= 15 is 0 Å². The molecule has 0 aliphatic carbocycles. The van der Waals surface area contributed by atoms with Crippen LogP contribution in [-0.4, -0.2) is 22.9 Å². The Morgan fingerprint density at radius 2 is 2.05 bits per heavy atom. The maximum atomic E-state index is 7.41. The predicted molar refractivity (Wildman–Crippen MR) is 78.6 cm³/mol. The Labute approximate surface area is 124 Å². The first-order chi connectivity index (χ1) is 9.49. The van der Waals surface area contributed by atoms with E-state index in [1.165, 1.54) is 0 Å². The van der Waals surface area contributed by atoms with E-state index in [1.54, 1.807) is 38.3 Å². The van der Waals surface area contributed by atoms with Gasteiger partial charge in [0.2, 0.25) is 0 Å². The molecule has 0 unspecified atom stereocenters. The van der Waals surface area contributed by atoms with Gasteiger partial charge in [0.05, 0.1) is 11.6 Å². The summed E-state index contributed by atoms with van der Waals surface area (Å²) in [4.78, 5) is 8.23. The average Bonchev–Trinajstić information content (AvgIpc) is 2.40. The fourth-order valence-electron chi connectivity index (χ4n) is 1.51. The zero-order valence-electron chi connectivity index (χ0n) is 11.0. The van der Waals surface area contributed by atoms with Crippen LogP contribution in [0.3, 0.4) is 0 Å². The smallest absolute Gasteiger partial charge is 0.322 e. The number of hydrogen-bond donors (Lipinski definition) is 2. The third-order valence-corrected chi connectivity index (χ3v) is 3.07. The second kappa shape index (κ2) is 5.87. The van der Waals surface area contributed by atoms with Crippen molar-refractivity contribution in [2.45, 2.75) is 6.92 Å². The molecule has 2 aromatic rings. The average molecular weight is 337 g/mol. The summed E-state index contributed by atoms with van der Waals surface area (Å²) >= 11 is 3.38. The van der Waals surface area contributed by atoms with E-state index in [0.29, 0.717) is 27.4 Å². The number of nitrogens with one attached hydrogen (secondary N) is 1. The van der Waals surface area contributed by atoms with Gasteiger partial charge in [-0.05, 0) is 47.1 Å². The van der Waals surface area contributed by atoms with Crippen molar-refractivity contribution in [3.05, 3.63) is 40.1 Å². The van der Waals surface area contributed by atoms with Crippen LogP contribution < -0.4 is 15.2 Å². The van der Waals surface area contributed by atoms with E-state index in [4.69, 9.17) is 20.6 Å². The number of nitrogen functional groups attached to an aromatic ring is 1. The van der Waals surface area contributed by atoms with Gasteiger partial charge in [0, 0.05) is 5.69 Å². The van der Waals surface area contributed by atoms with Crippen molar-refractivity contribution in [1.82, 2.24) is 9.97 Å². The number of nitrogens with two attached hydrogens (primary N) is 1. The van der Waals surface area contributed by atoms with Crippen LogP contribution in [0, 0.1) is 12.3 Å². The van der Waals surface area contributed by atoms with Gasteiger partial charge in [-0.25, -0.2) is 4.98 Å². The molecule has 0 aliphatic heterocycles. The highest BCUT2D eigenvalue weighted by atomic mass is 79.9. The number of ether oxygens (including phenoxy) is 2. The first-order valence-corrected chi connectivity index (χ1v) is 6.50. The molecule has 2 rings (SSSR count). The van der Waals surface area contributed by atoms with E-state index in [-0.39, 0.29) is 11.8 Å². The lowest BCUT2D eigenvalue weighted by Crippen LogP contribution is -2.14. The lowest BCUT2D eigenvalue weighted by molar-refractivity contribution is 0.409. The molecule has 1 aromatic carbocycles. The van der Waals surface area contributed by atoms with Gasteiger partial charge >= 0.3 is 6.01 Å². The maximum Gasteiger partial charge on any atom is 0.322 e. The van der Waals surface area contributed by atoms with Gasteiger partial charge < -0.3 is 15.2 Å². The molecule has 104 valence electrons. The molecule has 1 heterocycles. The molecule has 0 atom stereocenters. The quantitative estimate of drug-likeness (QED) is 0.661. The van der Waals surface area contributed by atoms with Crippen LogP contribution in [0.5, 0.6) is 17.5 Å². The van der Waals surface area contributed by atoms with Crippen LogP contribution in [0.4, 0.5) is 0 Å².